The number of carbonyl (C=O) groups is 1. The lowest BCUT2D eigenvalue weighted by atomic mass is 10.1. The number of hydrogen-bond acceptors (Lipinski definition) is 6. The topological polar surface area (TPSA) is 72.8 Å². The molecule has 1 fully saturated rings. The fraction of sp³-hybridized carbons (Fsp3) is 0.500. The first-order valence-electron chi connectivity index (χ1n) is 11.3. The average Bonchev–Trinajstić information content (AvgIpc) is 3.47. The SMILES string of the molecule is CCN(CC)CCNC(=O)c1sc2c(c1OCC1CCCO1)c(=O)n(C)c1ccccc21. The lowest BCUT2D eigenvalue weighted by Crippen LogP contribution is -2.34. The van der Waals surface area contributed by atoms with Gasteiger partial charge in [0, 0.05) is 32.1 Å². The molecular formula is C24H31N3O4S. The van der Waals surface area contributed by atoms with Crippen LogP contribution in [0.3, 0.4) is 0 Å². The quantitative estimate of drug-likeness (QED) is 0.533. The Bertz CT molecular complexity index is 1160. The maximum Gasteiger partial charge on any atom is 0.265 e. The Hall–Kier alpha value is -2.42. The van der Waals surface area contributed by atoms with Crippen molar-refractivity contribution in [2.45, 2.75) is 32.8 Å². The van der Waals surface area contributed by atoms with Crippen LogP contribution in [0.2, 0.25) is 0 Å². The third-order valence-corrected chi connectivity index (χ3v) is 7.35. The number of amides is 1. The Labute approximate surface area is 191 Å². The van der Waals surface area contributed by atoms with Gasteiger partial charge in [-0.3, -0.25) is 9.59 Å². The number of benzene rings is 1. The number of thiophene rings is 1. The van der Waals surface area contributed by atoms with Crippen molar-refractivity contribution < 1.29 is 14.3 Å². The van der Waals surface area contributed by atoms with Crippen molar-refractivity contribution >= 4 is 38.2 Å². The summed E-state index contributed by atoms with van der Waals surface area (Å²) < 4.78 is 14.3. The minimum absolute atomic E-state index is 0.00663. The second-order valence-corrected chi connectivity index (χ2v) is 9.10. The molecule has 8 heteroatoms. The maximum atomic E-state index is 13.3. The van der Waals surface area contributed by atoms with Crippen molar-refractivity contribution in [3.05, 3.63) is 39.5 Å². The third-order valence-electron chi connectivity index (χ3n) is 6.14. The zero-order chi connectivity index (χ0) is 22.7. The average molecular weight is 458 g/mol. The zero-order valence-corrected chi connectivity index (χ0v) is 19.8. The van der Waals surface area contributed by atoms with Gasteiger partial charge in [0.15, 0.2) is 5.75 Å². The first kappa shape index (κ1) is 22.8. The highest BCUT2D eigenvalue weighted by atomic mass is 32.1. The Morgan fingerprint density at radius 3 is 2.81 bits per heavy atom. The fourth-order valence-corrected chi connectivity index (χ4v) is 5.41. The molecule has 1 aromatic carbocycles. The molecule has 4 rings (SSSR count). The van der Waals surface area contributed by atoms with Gasteiger partial charge in [-0.1, -0.05) is 32.0 Å². The van der Waals surface area contributed by atoms with Crippen LogP contribution in [-0.4, -0.2) is 60.9 Å². The lowest BCUT2D eigenvalue weighted by Gasteiger charge is -2.18. The molecule has 1 amide bonds. The van der Waals surface area contributed by atoms with Crippen LogP contribution in [0.25, 0.3) is 21.0 Å². The summed E-state index contributed by atoms with van der Waals surface area (Å²) in [5, 5.41) is 4.44. The van der Waals surface area contributed by atoms with Crippen molar-refractivity contribution in [1.82, 2.24) is 14.8 Å². The van der Waals surface area contributed by atoms with Crippen LogP contribution < -0.4 is 15.6 Å². The highest BCUT2D eigenvalue weighted by Crippen LogP contribution is 2.39. The summed E-state index contributed by atoms with van der Waals surface area (Å²) in [6.45, 7) is 8.47. The van der Waals surface area contributed by atoms with Crippen molar-refractivity contribution in [2.24, 2.45) is 7.05 Å². The van der Waals surface area contributed by atoms with Gasteiger partial charge in [0.1, 0.15) is 16.9 Å². The van der Waals surface area contributed by atoms with E-state index in [0.29, 0.717) is 29.2 Å². The van der Waals surface area contributed by atoms with E-state index < -0.39 is 0 Å². The Morgan fingerprint density at radius 1 is 1.31 bits per heavy atom. The van der Waals surface area contributed by atoms with E-state index in [1.54, 1.807) is 11.6 Å². The van der Waals surface area contributed by atoms with E-state index in [1.807, 2.05) is 24.3 Å². The standard InChI is InChI=1S/C24H31N3O4S/c1-4-27(5-2)13-12-25-23(28)22-20(31-15-16-9-8-14-30-16)19-21(32-22)17-10-6-7-11-18(17)26(3)24(19)29/h6-7,10-11,16H,4-5,8-9,12-15H2,1-3H3,(H,25,28). The first-order valence-corrected chi connectivity index (χ1v) is 12.2. The summed E-state index contributed by atoms with van der Waals surface area (Å²) in [4.78, 5) is 29.2. The monoisotopic (exact) mass is 457 g/mol. The highest BCUT2D eigenvalue weighted by molar-refractivity contribution is 7.22. The smallest absolute Gasteiger partial charge is 0.265 e. The van der Waals surface area contributed by atoms with Crippen LogP contribution in [0.4, 0.5) is 0 Å². The number of likely N-dealkylation sites (N-methyl/N-ethyl adjacent to an activating group) is 1. The predicted molar refractivity (Wildman–Crippen MR) is 129 cm³/mol. The second-order valence-electron chi connectivity index (χ2n) is 8.07. The van der Waals surface area contributed by atoms with Crippen LogP contribution in [-0.2, 0) is 11.8 Å². The normalized spacial score (nSPS) is 16.3. The number of hydrogen-bond donors (Lipinski definition) is 1. The van der Waals surface area contributed by atoms with E-state index in [-0.39, 0.29) is 17.6 Å². The molecule has 3 aromatic rings. The molecule has 1 unspecified atom stereocenters. The minimum atomic E-state index is -0.202. The van der Waals surface area contributed by atoms with Gasteiger partial charge >= 0.3 is 0 Å². The van der Waals surface area contributed by atoms with Gasteiger partial charge in [0.25, 0.3) is 11.5 Å². The molecule has 0 aliphatic carbocycles. The molecule has 1 atom stereocenters. The molecule has 32 heavy (non-hydrogen) atoms. The molecule has 1 aliphatic heterocycles. The number of fused-ring (bicyclic) bond motifs is 3. The summed E-state index contributed by atoms with van der Waals surface area (Å²) in [6, 6.07) is 7.77. The van der Waals surface area contributed by atoms with Crippen LogP contribution >= 0.6 is 11.3 Å². The number of rotatable bonds is 9. The van der Waals surface area contributed by atoms with Gasteiger partial charge in [-0.25, -0.2) is 0 Å². The number of pyridine rings is 1. The molecule has 0 radical (unpaired) electrons. The molecule has 172 valence electrons. The summed E-state index contributed by atoms with van der Waals surface area (Å²) >= 11 is 1.33. The van der Waals surface area contributed by atoms with E-state index >= 15 is 0 Å². The molecule has 1 aliphatic rings. The van der Waals surface area contributed by atoms with Crippen LogP contribution in [0.15, 0.2) is 29.1 Å². The molecule has 1 saturated heterocycles. The van der Waals surface area contributed by atoms with Crippen molar-refractivity contribution in [3.8, 4) is 5.75 Å². The first-order chi connectivity index (χ1) is 15.5. The largest absolute Gasteiger partial charge is 0.488 e. The van der Waals surface area contributed by atoms with Gasteiger partial charge in [-0.15, -0.1) is 11.3 Å². The minimum Gasteiger partial charge on any atom is -0.488 e. The summed E-state index contributed by atoms with van der Waals surface area (Å²) in [5.41, 5.74) is 0.685. The van der Waals surface area contributed by atoms with Gasteiger partial charge < -0.3 is 24.3 Å². The van der Waals surface area contributed by atoms with Crippen molar-refractivity contribution in [2.75, 3.05) is 39.4 Å². The number of aryl methyl sites for hydroxylation is 1. The number of nitrogens with zero attached hydrogens (tertiary/aromatic N) is 2. The summed E-state index contributed by atoms with van der Waals surface area (Å²) in [5.74, 6) is 0.180. The molecule has 2 aromatic heterocycles. The summed E-state index contributed by atoms with van der Waals surface area (Å²) in [6.07, 6.45) is 1.92. The van der Waals surface area contributed by atoms with Crippen LogP contribution in [0.1, 0.15) is 36.4 Å². The van der Waals surface area contributed by atoms with Gasteiger partial charge in [-0.05, 0) is 32.0 Å². The van der Waals surface area contributed by atoms with Crippen molar-refractivity contribution in [3.63, 3.8) is 0 Å². The predicted octanol–water partition coefficient (Wildman–Crippen LogP) is 3.38. The molecular weight excluding hydrogens is 426 g/mol. The van der Waals surface area contributed by atoms with E-state index in [4.69, 9.17) is 9.47 Å². The highest BCUT2D eigenvalue weighted by Gasteiger charge is 2.26. The molecule has 0 spiro atoms. The summed E-state index contributed by atoms with van der Waals surface area (Å²) in [7, 11) is 1.76. The molecule has 0 bridgehead atoms. The van der Waals surface area contributed by atoms with Gasteiger partial charge in [0.2, 0.25) is 0 Å². The number of para-hydroxylation sites is 1. The number of nitrogens with one attached hydrogen (secondary N) is 1. The maximum absolute atomic E-state index is 13.3. The molecule has 3 heterocycles. The van der Waals surface area contributed by atoms with E-state index in [9.17, 15) is 9.59 Å². The Morgan fingerprint density at radius 2 is 2.09 bits per heavy atom. The van der Waals surface area contributed by atoms with Crippen LogP contribution in [0.5, 0.6) is 5.75 Å². The van der Waals surface area contributed by atoms with Gasteiger partial charge in [0.05, 0.1) is 16.3 Å². The van der Waals surface area contributed by atoms with E-state index in [1.165, 1.54) is 11.3 Å². The molecule has 0 saturated carbocycles. The van der Waals surface area contributed by atoms with Crippen molar-refractivity contribution in [1.29, 1.82) is 0 Å². The fourth-order valence-electron chi connectivity index (χ4n) is 4.22. The van der Waals surface area contributed by atoms with E-state index in [2.05, 4.69) is 24.1 Å². The molecule has 7 nitrogen and oxygen atoms in total. The third kappa shape index (κ3) is 4.40. The second kappa shape index (κ2) is 10.0. The number of carbonyl (C=O) groups excluding carboxylic acids is 1. The van der Waals surface area contributed by atoms with E-state index in [0.717, 1.165) is 54.7 Å². The molecule has 1 N–H and O–H groups in total. The zero-order valence-electron chi connectivity index (χ0n) is 19.0. The Balaban J connectivity index is 1.73. The number of ether oxygens (including phenoxy) is 2. The lowest BCUT2D eigenvalue weighted by molar-refractivity contribution is 0.0678. The Kier molecular flexibility index (Phi) is 7.13. The number of aromatic nitrogens is 1. The van der Waals surface area contributed by atoms with Gasteiger partial charge in [-0.2, -0.15) is 0 Å². The van der Waals surface area contributed by atoms with Crippen LogP contribution in [0, 0.1) is 0 Å².